The van der Waals surface area contributed by atoms with E-state index in [0.717, 1.165) is 12.8 Å². The molecule has 0 bridgehead atoms. The number of nitrogens with one attached hydrogen (secondary N) is 1. The van der Waals surface area contributed by atoms with Gasteiger partial charge in [0.25, 0.3) is 0 Å². The number of unbranched alkanes of at least 4 members (excludes halogenated alkanes) is 1. The number of carbonyl (C=O) groups excluding carboxylic acids is 1. The van der Waals surface area contributed by atoms with Gasteiger partial charge >= 0.3 is 0 Å². The smallest absolute Gasteiger partial charge is 0.243 e. The summed E-state index contributed by atoms with van der Waals surface area (Å²) in [6.07, 6.45) is 2.29. The van der Waals surface area contributed by atoms with Crippen molar-refractivity contribution in [3.63, 3.8) is 0 Å². The van der Waals surface area contributed by atoms with Gasteiger partial charge in [0.2, 0.25) is 15.9 Å². The normalized spacial score (nSPS) is 20.9. The molecule has 1 amide bonds. The van der Waals surface area contributed by atoms with Crippen molar-refractivity contribution < 1.29 is 13.2 Å². The molecule has 0 aliphatic heterocycles. The van der Waals surface area contributed by atoms with Crippen LogP contribution in [0.15, 0.2) is 35.2 Å². The van der Waals surface area contributed by atoms with Crippen molar-refractivity contribution in [3.05, 3.63) is 30.3 Å². The van der Waals surface area contributed by atoms with E-state index in [1.807, 2.05) is 27.7 Å². The fraction of sp³-hybridized carbons (Fsp3) is 0.611. The van der Waals surface area contributed by atoms with Crippen LogP contribution in [0.25, 0.3) is 0 Å². The zero-order valence-corrected chi connectivity index (χ0v) is 15.8. The molecule has 5 nitrogen and oxygen atoms in total. The van der Waals surface area contributed by atoms with Crippen LogP contribution >= 0.6 is 0 Å². The third-order valence-electron chi connectivity index (χ3n) is 4.04. The average molecular weight is 353 g/mol. The fourth-order valence-corrected chi connectivity index (χ4v) is 4.48. The van der Waals surface area contributed by atoms with Crippen LogP contribution in [0.5, 0.6) is 0 Å². The highest BCUT2D eigenvalue weighted by Gasteiger charge is 2.51. The summed E-state index contributed by atoms with van der Waals surface area (Å²) in [4.78, 5) is 12.6. The van der Waals surface area contributed by atoms with Gasteiger partial charge in [-0.25, -0.2) is 8.42 Å². The largest absolute Gasteiger partial charge is 0.351 e. The maximum Gasteiger partial charge on any atom is 0.243 e. The molecule has 2 rings (SSSR count). The molecule has 0 radical (unpaired) electrons. The van der Waals surface area contributed by atoms with Crippen molar-refractivity contribution in [2.45, 2.75) is 63.4 Å². The lowest BCUT2D eigenvalue weighted by Gasteiger charge is -2.24. The summed E-state index contributed by atoms with van der Waals surface area (Å²) >= 11 is 0. The summed E-state index contributed by atoms with van der Waals surface area (Å²) < 4.78 is 27.5. The number of amides is 1. The molecule has 0 spiro atoms. The summed E-state index contributed by atoms with van der Waals surface area (Å²) in [5, 5.41) is 2.95. The van der Waals surface area contributed by atoms with E-state index in [-0.39, 0.29) is 23.4 Å². The molecule has 0 saturated heterocycles. The first-order chi connectivity index (χ1) is 11.2. The van der Waals surface area contributed by atoms with Crippen molar-refractivity contribution in [3.8, 4) is 0 Å². The van der Waals surface area contributed by atoms with Crippen LogP contribution in [0.1, 0.15) is 47.0 Å². The van der Waals surface area contributed by atoms with Crippen molar-refractivity contribution in [1.29, 1.82) is 0 Å². The van der Waals surface area contributed by atoms with E-state index in [4.69, 9.17) is 0 Å². The van der Waals surface area contributed by atoms with Crippen LogP contribution in [0.2, 0.25) is 0 Å². The third kappa shape index (κ3) is 4.57. The molecule has 1 saturated carbocycles. The minimum absolute atomic E-state index is 0.0581. The Hall–Kier alpha value is -1.40. The van der Waals surface area contributed by atoms with Crippen LogP contribution in [-0.2, 0) is 14.8 Å². The topological polar surface area (TPSA) is 66.5 Å². The average Bonchev–Trinajstić information content (AvgIpc) is 3.27. The van der Waals surface area contributed by atoms with Crippen LogP contribution in [0.4, 0.5) is 0 Å². The van der Waals surface area contributed by atoms with Gasteiger partial charge in [0.15, 0.2) is 0 Å². The van der Waals surface area contributed by atoms with Crippen LogP contribution in [-0.4, -0.2) is 36.8 Å². The third-order valence-corrected chi connectivity index (χ3v) is 5.98. The predicted molar refractivity (Wildman–Crippen MR) is 95.0 cm³/mol. The van der Waals surface area contributed by atoms with Gasteiger partial charge in [-0.05, 0) is 45.7 Å². The molecule has 0 heterocycles. The van der Waals surface area contributed by atoms with E-state index < -0.39 is 10.0 Å². The maximum absolute atomic E-state index is 13.0. The van der Waals surface area contributed by atoms with E-state index in [9.17, 15) is 13.2 Å². The van der Waals surface area contributed by atoms with E-state index in [2.05, 4.69) is 5.32 Å². The number of sulfonamides is 1. The van der Waals surface area contributed by atoms with Crippen molar-refractivity contribution in [2.24, 2.45) is 5.92 Å². The van der Waals surface area contributed by atoms with Gasteiger partial charge in [-0.3, -0.25) is 4.79 Å². The first-order valence-electron chi connectivity index (χ1n) is 8.55. The van der Waals surface area contributed by atoms with Crippen molar-refractivity contribution >= 4 is 15.9 Å². The number of benzene rings is 1. The van der Waals surface area contributed by atoms with Gasteiger partial charge in [0, 0.05) is 18.1 Å². The van der Waals surface area contributed by atoms with Gasteiger partial charge in [-0.2, -0.15) is 4.31 Å². The first kappa shape index (κ1) is 18.9. The molecule has 1 fully saturated rings. The van der Waals surface area contributed by atoms with Gasteiger partial charge < -0.3 is 5.32 Å². The molecule has 24 heavy (non-hydrogen) atoms. The Kier molecular flexibility index (Phi) is 5.71. The maximum atomic E-state index is 13.0. The quantitative estimate of drug-likeness (QED) is 0.820. The van der Waals surface area contributed by atoms with Crippen LogP contribution in [0, 0.1) is 5.92 Å². The minimum Gasteiger partial charge on any atom is -0.351 e. The number of hydrogen-bond donors (Lipinski definition) is 1. The Morgan fingerprint density at radius 1 is 1.25 bits per heavy atom. The molecule has 2 atom stereocenters. The molecular formula is C18H28N2O3S. The lowest BCUT2D eigenvalue weighted by atomic mass is 10.1. The highest BCUT2D eigenvalue weighted by atomic mass is 32.2. The molecule has 0 unspecified atom stereocenters. The summed E-state index contributed by atoms with van der Waals surface area (Å²) in [7, 11) is -3.57. The second-order valence-corrected chi connectivity index (χ2v) is 9.32. The fourth-order valence-electron chi connectivity index (χ4n) is 2.75. The van der Waals surface area contributed by atoms with Crippen LogP contribution < -0.4 is 5.32 Å². The lowest BCUT2D eigenvalue weighted by Crippen LogP contribution is -2.43. The lowest BCUT2D eigenvalue weighted by molar-refractivity contribution is -0.124. The Labute approximate surface area is 145 Å². The zero-order chi connectivity index (χ0) is 18.0. The SMILES string of the molecule is CCCCN([C@@H]1C[C@H]1C(=O)NC(C)(C)C)S(=O)(=O)c1ccccc1. The van der Waals surface area contributed by atoms with E-state index >= 15 is 0 Å². The Balaban J connectivity index is 2.17. The number of rotatable bonds is 7. The highest BCUT2D eigenvalue weighted by molar-refractivity contribution is 7.89. The standard InChI is InChI=1S/C18H28N2O3S/c1-5-6-12-20(24(22,23)14-10-8-7-9-11-14)16-13-15(16)17(21)19-18(2,3)4/h7-11,15-16H,5-6,12-13H2,1-4H3,(H,19,21)/t15-,16-/m1/s1. The summed E-state index contributed by atoms with van der Waals surface area (Å²) in [6, 6.07) is 8.24. The van der Waals surface area contributed by atoms with Crippen LogP contribution in [0.3, 0.4) is 0 Å². The summed E-state index contributed by atoms with van der Waals surface area (Å²) in [5.74, 6) is -0.308. The van der Waals surface area contributed by atoms with Gasteiger partial charge in [-0.1, -0.05) is 31.5 Å². The Morgan fingerprint density at radius 3 is 2.42 bits per heavy atom. The molecule has 134 valence electrons. The van der Waals surface area contributed by atoms with E-state index in [1.165, 1.54) is 4.31 Å². The molecule has 1 aliphatic carbocycles. The summed E-state index contributed by atoms with van der Waals surface area (Å²) in [5.41, 5.74) is -0.309. The minimum atomic E-state index is -3.57. The van der Waals surface area contributed by atoms with E-state index in [1.54, 1.807) is 30.3 Å². The Morgan fingerprint density at radius 2 is 1.88 bits per heavy atom. The molecule has 1 aromatic carbocycles. The van der Waals surface area contributed by atoms with Crippen molar-refractivity contribution in [1.82, 2.24) is 9.62 Å². The number of nitrogens with zero attached hydrogens (tertiary/aromatic N) is 1. The first-order valence-corrected chi connectivity index (χ1v) is 9.99. The number of carbonyl (C=O) groups is 1. The van der Waals surface area contributed by atoms with Gasteiger partial charge in [0.1, 0.15) is 0 Å². The van der Waals surface area contributed by atoms with Gasteiger partial charge in [-0.15, -0.1) is 0 Å². The molecular weight excluding hydrogens is 324 g/mol. The molecule has 0 aromatic heterocycles. The second kappa shape index (κ2) is 7.23. The number of hydrogen-bond acceptors (Lipinski definition) is 3. The Bertz CT molecular complexity index is 665. The van der Waals surface area contributed by atoms with Gasteiger partial charge in [0.05, 0.1) is 10.8 Å². The summed E-state index contributed by atoms with van der Waals surface area (Å²) in [6.45, 7) is 8.27. The second-order valence-electron chi connectivity index (χ2n) is 7.43. The molecule has 1 N–H and O–H groups in total. The molecule has 1 aromatic rings. The predicted octanol–water partition coefficient (Wildman–Crippen LogP) is 2.78. The zero-order valence-electron chi connectivity index (χ0n) is 15.0. The van der Waals surface area contributed by atoms with E-state index in [0.29, 0.717) is 17.9 Å². The highest BCUT2D eigenvalue weighted by Crippen LogP contribution is 2.39. The van der Waals surface area contributed by atoms with Crippen molar-refractivity contribution in [2.75, 3.05) is 6.54 Å². The molecule has 6 heteroatoms. The monoisotopic (exact) mass is 352 g/mol. The molecule has 1 aliphatic rings.